The van der Waals surface area contributed by atoms with Crippen LogP contribution in [-0.2, 0) is 6.18 Å². The number of carboxylic acid groups (broad SMARTS) is 1. The molecule has 0 atom stereocenters. The van der Waals surface area contributed by atoms with E-state index >= 15 is 0 Å². The van der Waals surface area contributed by atoms with Gasteiger partial charge in [0.2, 0.25) is 0 Å². The van der Waals surface area contributed by atoms with Crippen LogP contribution >= 0.6 is 0 Å². The zero-order chi connectivity index (χ0) is 19.1. The number of carbonyl (C=O) groups excluding carboxylic acids is 1. The van der Waals surface area contributed by atoms with Gasteiger partial charge in [0, 0.05) is 19.0 Å². The Labute approximate surface area is 146 Å². The summed E-state index contributed by atoms with van der Waals surface area (Å²) >= 11 is 0. The highest BCUT2D eigenvalue weighted by atomic mass is 19.4. The molecule has 0 unspecified atom stereocenters. The number of alkyl halides is 3. The summed E-state index contributed by atoms with van der Waals surface area (Å²) in [7, 11) is 0. The third-order valence-electron chi connectivity index (χ3n) is 4.20. The number of aromatic nitrogens is 2. The Balaban J connectivity index is 1.97. The molecule has 3 rings (SSSR count). The number of nitrogens with zero attached hydrogens (tertiary/aromatic N) is 4. The molecule has 1 saturated heterocycles. The van der Waals surface area contributed by atoms with Gasteiger partial charge in [-0.1, -0.05) is 0 Å². The number of carbonyl (C=O) groups is 2. The van der Waals surface area contributed by atoms with Crippen LogP contribution in [0.15, 0.2) is 6.07 Å². The van der Waals surface area contributed by atoms with Gasteiger partial charge in [-0.3, -0.25) is 5.41 Å². The van der Waals surface area contributed by atoms with Crippen molar-refractivity contribution >= 4 is 18.0 Å². The van der Waals surface area contributed by atoms with Gasteiger partial charge < -0.3 is 10.0 Å². The van der Waals surface area contributed by atoms with Crippen LogP contribution in [-0.4, -0.2) is 55.9 Å². The Hall–Kier alpha value is -2.72. The zero-order valence-electron chi connectivity index (χ0n) is 13.6. The highest BCUT2D eigenvalue weighted by molar-refractivity contribution is 6.14. The molecular formula is C15H16F3N5O3. The highest BCUT2D eigenvalue weighted by Gasteiger charge is 2.38. The van der Waals surface area contributed by atoms with E-state index in [-0.39, 0.29) is 16.6 Å². The molecule has 2 N–H and O–H groups in total. The maximum Gasteiger partial charge on any atom is 0.433 e. The van der Waals surface area contributed by atoms with E-state index in [2.05, 4.69) is 9.97 Å². The van der Waals surface area contributed by atoms with Crippen LogP contribution in [0.2, 0.25) is 0 Å². The Kier molecular flexibility index (Phi) is 4.55. The van der Waals surface area contributed by atoms with E-state index in [1.807, 2.05) is 0 Å². The lowest BCUT2D eigenvalue weighted by Crippen LogP contribution is -2.48. The summed E-state index contributed by atoms with van der Waals surface area (Å²) in [6, 6.07) is -0.457. The van der Waals surface area contributed by atoms with E-state index in [1.165, 1.54) is 4.90 Å². The average molecular weight is 371 g/mol. The minimum atomic E-state index is -4.77. The minimum Gasteiger partial charge on any atom is -0.464 e. The third kappa shape index (κ3) is 3.60. The largest absolute Gasteiger partial charge is 0.464 e. The standard InChI is InChI=1S/C15H16F3N5O3/c16-15(17,18)10-7-9(20-12(21-10)8-3-4-8)11(19)23(14(25)26)13(24)22-5-1-2-6-22/h7-8,19H,1-6H2,(H,25,26). The van der Waals surface area contributed by atoms with Gasteiger partial charge in [0.1, 0.15) is 17.2 Å². The van der Waals surface area contributed by atoms with Crippen molar-refractivity contribution in [1.82, 2.24) is 19.8 Å². The number of likely N-dealkylation sites (tertiary alicyclic amines) is 1. The molecule has 1 aliphatic heterocycles. The van der Waals surface area contributed by atoms with Crippen LogP contribution in [0.25, 0.3) is 0 Å². The summed E-state index contributed by atoms with van der Waals surface area (Å²) in [5.41, 5.74) is -1.79. The van der Waals surface area contributed by atoms with E-state index in [4.69, 9.17) is 5.41 Å². The van der Waals surface area contributed by atoms with Crippen molar-refractivity contribution in [2.24, 2.45) is 0 Å². The number of rotatable bonds is 2. The monoisotopic (exact) mass is 371 g/mol. The molecule has 0 spiro atoms. The summed E-state index contributed by atoms with van der Waals surface area (Å²) in [6.07, 6.45) is -3.86. The average Bonchev–Trinajstić information content (AvgIpc) is 3.27. The fourth-order valence-corrected chi connectivity index (χ4v) is 2.69. The van der Waals surface area contributed by atoms with Crippen molar-refractivity contribution < 1.29 is 27.9 Å². The molecule has 1 aromatic rings. The van der Waals surface area contributed by atoms with Gasteiger partial charge in [0.25, 0.3) is 0 Å². The highest BCUT2D eigenvalue weighted by Crippen LogP contribution is 2.39. The van der Waals surface area contributed by atoms with Crippen molar-refractivity contribution in [3.05, 3.63) is 23.3 Å². The summed E-state index contributed by atoms with van der Waals surface area (Å²) in [4.78, 5) is 32.6. The second-order valence-corrected chi connectivity index (χ2v) is 6.21. The number of amides is 3. The first-order valence-corrected chi connectivity index (χ1v) is 8.05. The minimum absolute atomic E-state index is 0.0847. The van der Waals surface area contributed by atoms with Crippen LogP contribution in [0.5, 0.6) is 0 Å². The van der Waals surface area contributed by atoms with Gasteiger partial charge in [0.05, 0.1) is 0 Å². The lowest BCUT2D eigenvalue weighted by Gasteiger charge is -2.24. The molecule has 11 heteroatoms. The topological polar surface area (TPSA) is 110 Å². The molecule has 0 aromatic carbocycles. The van der Waals surface area contributed by atoms with Gasteiger partial charge >= 0.3 is 18.3 Å². The van der Waals surface area contributed by atoms with Gasteiger partial charge in [-0.05, 0) is 31.7 Å². The van der Waals surface area contributed by atoms with E-state index in [9.17, 15) is 27.9 Å². The Morgan fingerprint density at radius 3 is 2.35 bits per heavy atom. The van der Waals surface area contributed by atoms with Crippen molar-refractivity contribution in [1.29, 1.82) is 5.41 Å². The summed E-state index contributed by atoms with van der Waals surface area (Å²) in [6.45, 7) is 0.668. The summed E-state index contributed by atoms with van der Waals surface area (Å²) in [5.74, 6) is -1.24. The molecule has 1 aromatic heterocycles. The first-order chi connectivity index (χ1) is 12.2. The number of urea groups is 1. The Morgan fingerprint density at radius 2 is 1.85 bits per heavy atom. The molecule has 2 aliphatic rings. The first-order valence-electron chi connectivity index (χ1n) is 8.05. The molecule has 26 heavy (non-hydrogen) atoms. The molecular weight excluding hydrogens is 355 g/mol. The maximum absolute atomic E-state index is 13.1. The molecule has 1 aliphatic carbocycles. The number of hydrogen-bond acceptors (Lipinski definition) is 5. The van der Waals surface area contributed by atoms with Crippen molar-refractivity contribution in [2.45, 2.75) is 37.8 Å². The molecule has 2 heterocycles. The quantitative estimate of drug-likeness (QED) is 0.613. The van der Waals surface area contributed by atoms with Crippen molar-refractivity contribution in [3.8, 4) is 0 Å². The van der Waals surface area contributed by atoms with Gasteiger partial charge in [0.15, 0.2) is 5.84 Å². The van der Waals surface area contributed by atoms with Crippen LogP contribution in [0.4, 0.5) is 22.8 Å². The fourth-order valence-electron chi connectivity index (χ4n) is 2.69. The van der Waals surface area contributed by atoms with E-state index < -0.39 is 35.5 Å². The second-order valence-electron chi connectivity index (χ2n) is 6.21. The van der Waals surface area contributed by atoms with Gasteiger partial charge in [-0.2, -0.15) is 18.1 Å². The van der Waals surface area contributed by atoms with E-state index in [0.29, 0.717) is 44.8 Å². The van der Waals surface area contributed by atoms with Crippen LogP contribution in [0.1, 0.15) is 48.8 Å². The number of imide groups is 1. The Bertz CT molecular complexity index is 757. The Morgan fingerprint density at radius 1 is 1.23 bits per heavy atom. The third-order valence-corrected chi connectivity index (χ3v) is 4.20. The van der Waals surface area contributed by atoms with Gasteiger partial charge in [-0.15, -0.1) is 0 Å². The summed E-state index contributed by atoms with van der Waals surface area (Å²) in [5, 5.41) is 17.3. The smallest absolute Gasteiger partial charge is 0.433 e. The number of amidine groups is 1. The number of hydrogen-bond donors (Lipinski definition) is 2. The molecule has 140 valence electrons. The predicted molar refractivity (Wildman–Crippen MR) is 81.9 cm³/mol. The van der Waals surface area contributed by atoms with Crippen molar-refractivity contribution in [2.75, 3.05) is 13.1 Å². The van der Waals surface area contributed by atoms with Crippen LogP contribution in [0.3, 0.4) is 0 Å². The van der Waals surface area contributed by atoms with Crippen LogP contribution < -0.4 is 0 Å². The van der Waals surface area contributed by atoms with Gasteiger partial charge in [-0.25, -0.2) is 19.6 Å². The molecule has 3 amide bonds. The molecule has 0 bridgehead atoms. The van der Waals surface area contributed by atoms with E-state index in [0.717, 1.165) is 0 Å². The van der Waals surface area contributed by atoms with Crippen LogP contribution in [0, 0.1) is 5.41 Å². The van der Waals surface area contributed by atoms with Crippen molar-refractivity contribution in [3.63, 3.8) is 0 Å². The summed E-state index contributed by atoms with van der Waals surface area (Å²) < 4.78 is 39.3. The zero-order valence-corrected chi connectivity index (χ0v) is 13.6. The normalized spacial score (nSPS) is 17.3. The molecule has 2 fully saturated rings. The fraction of sp³-hybridized carbons (Fsp3) is 0.533. The maximum atomic E-state index is 13.1. The SMILES string of the molecule is N=C(c1cc(C(F)(F)F)nc(C2CC2)n1)N(C(=O)O)C(=O)N1CCCC1. The number of halogens is 3. The lowest BCUT2D eigenvalue weighted by molar-refractivity contribution is -0.141. The first kappa shape index (κ1) is 18.1. The molecule has 8 nitrogen and oxygen atoms in total. The second kappa shape index (κ2) is 6.54. The molecule has 1 saturated carbocycles. The van der Waals surface area contributed by atoms with E-state index in [1.54, 1.807) is 0 Å². The number of nitrogens with one attached hydrogen (secondary N) is 1. The lowest BCUT2D eigenvalue weighted by atomic mass is 10.2. The predicted octanol–water partition coefficient (Wildman–Crippen LogP) is 2.89. The molecule has 0 radical (unpaired) electrons.